The third-order valence-electron chi connectivity index (χ3n) is 3.96. The molecule has 0 aromatic heterocycles. The van der Waals surface area contributed by atoms with E-state index in [1.54, 1.807) is 0 Å². The van der Waals surface area contributed by atoms with E-state index < -0.39 is 0 Å². The van der Waals surface area contributed by atoms with Crippen molar-refractivity contribution < 1.29 is 4.74 Å². The Labute approximate surface area is 127 Å². The van der Waals surface area contributed by atoms with Gasteiger partial charge < -0.3 is 10.1 Å². The van der Waals surface area contributed by atoms with Crippen molar-refractivity contribution in [3.63, 3.8) is 0 Å². The van der Waals surface area contributed by atoms with E-state index in [1.807, 2.05) is 6.07 Å². The molecule has 0 atom stereocenters. The molecule has 1 N–H and O–H groups in total. The second-order valence-electron chi connectivity index (χ2n) is 6.13. The van der Waals surface area contributed by atoms with Crippen molar-refractivity contribution in [1.29, 1.82) is 0 Å². The van der Waals surface area contributed by atoms with E-state index in [0.717, 1.165) is 24.1 Å². The third kappa shape index (κ3) is 3.64. The van der Waals surface area contributed by atoms with E-state index in [0.29, 0.717) is 0 Å². The lowest BCUT2D eigenvalue weighted by Crippen LogP contribution is -2.15. The van der Waals surface area contributed by atoms with Gasteiger partial charge in [-0.1, -0.05) is 29.8 Å². The molecule has 1 saturated carbocycles. The van der Waals surface area contributed by atoms with Crippen LogP contribution in [0, 0.1) is 20.8 Å². The molecule has 0 radical (unpaired) electrons. The average molecular weight is 281 g/mol. The van der Waals surface area contributed by atoms with Crippen LogP contribution in [0.15, 0.2) is 36.4 Å². The third-order valence-corrected chi connectivity index (χ3v) is 3.96. The minimum Gasteiger partial charge on any atom is -0.457 e. The van der Waals surface area contributed by atoms with E-state index in [-0.39, 0.29) is 0 Å². The molecule has 2 aromatic rings. The van der Waals surface area contributed by atoms with E-state index in [1.165, 1.54) is 35.1 Å². The van der Waals surface area contributed by atoms with Crippen molar-refractivity contribution in [3.05, 3.63) is 58.7 Å². The Bertz CT molecular complexity index is 644. The first-order valence-electron chi connectivity index (χ1n) is 7.70. The molecule has 1 aliphatic carbocycles. The normalized spacial score (nSPS) is 14.2. The summed E-state index contributed by atoms with van der Waals surface area (Å²) in [7, 11) is 0. The van der Waals surface area contributed by atoms with Gasteiger partial charge in [0.15, 0.2) is 0 Å². The molecule has 0 saturated heterocycles. The Morgan fingerprint density at radius 1 is 0.952 bits per heavy atom. The van der Waals surface area contributed by atoms with E-state index in [4.69, 9.17) is 4.74 Å². The van der Waals surface area contributed by atoms with Crippen LogP contribution in [0.1, 0.15) is 35.1 Å². The van der Waals surface area contributed by atoms with Crippen molar-refractivity contribution in [2.24, 2.45) is 0 Å². The van der Waals surface area contributed by atoms with Gasteiger partial charge in [0, 0.05) is 12.6 Å². The number of ether oxygens (including phenoxy) is 1. The van der Waals surface area contributed by atoms with Crippen molar-refractivity contribution in [2.75, 3.05) is 0 Å². The fourth-order valence-electron chi connectivity index (χ4n) is 2.52. The van der Waals surface area contributed by atoms with Crippen LogP contribution in [-0.4, -0.2) is 6.04 Å². The summed E-state index contributed by atoms with van der Waals surface area (Å²) in [6, 6.07) is 13.5. The summed E-state index contributed by atoms with van der Waals surface area (Å²) in [6.45, 7) is 7.25. The number of benzene rings is 2. The highest BCUT2D eigenvalue weighted by atomic mass is 16.5. The second kappa shape index (κ2) is 5.90. The molecule has 21 heavy (non-hydrogen) atoms. The monoisotopic (exact) mass is 281 g/mol. The van der Waals surface area contributed by atoms with Gasteiger partial charge in [0.05, 0.1) is 0 Å². The number of rotatable bonds is 5. The molecule has 2 heteroatoms. The van der Waals surface area contributed by atoms with Gasteiger partial charge in [-0.25, -0.2) is 0 Å². The van der Waals surface area contributed by atoms with Crippen molar-refractivity contribution in [3.8, 4) is 11.5 Å². The van der Waals surface area contributed by atoms with Gasteiger partial charge in [-0.3, -0.25) is 0 Å². The Morgan fingerprint density at radius 3 is 2.24 bits per heavy atom. The van der Waals surface area contributed by atoms with Crippen molar-refractivity contribution >= 4 is 0 Å². The SMILES string of the molecule is Cc1ccc(Oc2ccc(CNC3CC3)cc2C)c(C)c1. The van der Waals surface area contributed by atoms with Crippen LogP contribution in [0.2, 0.25) is 0 Å². The van der Waals surface area contributed by atoms with Crippen LogP contribution in [0.4, 0.5) is 0 Å². The molecule has 0 unspecified atom stereocenters. The molecular weight excluding hydrogens is 258 g/mol. The summed E-state index contributed by atoms with van der Waals surface area (Å²) in [5.41, 5.74) is 4.95. The smallest absolute Gasteiger partial charge is 0.130 e. The predicted octanol–water partition coefficient (Wildman–Crippen LogP) is 4.66. The largest absolute Gasteiger partial charge is 0.457 e. The molecule has 2 aromatic carbocycles. The lowest BCUT2D eigenvalue weighted by atomic mass is 10.1. The Balaban J connectivity index is 1.72. The van der Waals surface area contributed by atoms with Gasteiger partial charge in [-0.05, 0) is 62.4 Å². The summed E-state index contributed by atoms with van der Waals surface area (Å²) >= 11 is 0. The van der Waals surface area contributed by atoms with E-state index >= 15 is 0 Å². The van der Waals surface area contributed by atoms with Gasteiger partial charge >= 0.3 is 0 Å². The highest BCUT2D eigenvalue weighted by Crippen LogP contribution is 2.29. The molecule has 0 spiro atoms. The molecule has 0 bridgehead atoms. The van der Waals surface area contributed by atoms with Gasteiger partial charge in [0.1, 0.15) is 11.5 Å². The van der Waals surface area contributed by atoms with Gasteiger partial charge in [0.25, 0.3) is 0 Å². The highest BCUT2D eigenvalue weighted by Gasteiger charge is 2.19. The van der Waals surface area contributed by atoms with E-state index in [9.17, 15) is 0 Å². The van der Waals surface area contributed by atoms with Gasteiger partial charge in [0.2, 0.25) is 0 Å². The van der Waals surface area contributed by atoms with Crippen LogP contribution < -0.4 is 10.1 Å². The minimum absolute atomic E-state index is 0.747. The fraction of sp³-hybridized carbons (Fsp3) is 0.368. The summed E-state index contributed by atoms with van der Waals surface area (Å²) < 4.78 is 6.07. The molecule has 2 nitrogen and oxygen atoms in total. The summed E-state index contributed by atoms with van der Waals surface area (Å²) in [5.74, 6) is 1.88. The average Bonchev–Trinajstić information content (AvgIpc) is 3.26. The van der Waals surface area contributed by atoms with Crippen LogP contribution in [0.25, 0.3) is 0 Å². The Kier molecular flexibility index (Phi) is 3.98. The fourth-order valence-corrected chi connectivity index (χ4v) is 2.52. The first kappa shape index (κ1) is 14.2. The predicted molar refractivity (Wildman–Crippen MR) is 87.0 cm³/mol. The highest BCUT2D eigenvalue weighted by molar-refractivity contribution is 5.43. The number of nitrogens with one attached hydrogen (secondary N) is 1. The van der Waals surface area contributed by atoms with E-state index in [2.05, 4.69) is 56.4 Å². The second-order valence-corrected chi connectivity index (χ2v) is 6.13. The number of hydrogen-bond acceptors (Lipinski definition) is 2. The zero-order valence-electron chi connectivity index (χ0n) is 13.1. The first-order valence-corrected chi connectivity index (χ1v) is 7.70. The minimum atomic E-state index is 0.747. The van der Waals surface area contributed by atoms with Crippen LogP contribution in [-0.2, 0) is 6.54 Å². The number of hydrogen-bond donors (Lipinski definition) is 1. The summed E-state index contributed by atoms with van der Waals surface area (Å²) in [6.07, 6.45) is 2.65. The number of aryl methyl sites for hydroxylation is 3. The summed E-state index contributed by atoms with van der Waals surface area (Å²) in [4.78, 5) is 0. The molecule has 0 amide bonds. The molecule has 0 aliphatic heterocycles. The molecule has 1 aliphatic rings. The topological polar surface area (TPSA) is 21.3 Å². The summed E-state index contributed by atoms with van der Waals surface area (Å²) in [5, 5.41) is 3.54. The maximum atomic E-state index is 6.07. The van der Waals surface area contributed by atoms with Gasteiger partial charge in [-0.15, -0.1) is 0 Å². The zero-order valence-corrected chi connectivity index (χ0v) is 13.1. The maximum absolute atomic E-state index is 6.07. The quantitative estimate of drug-likeness (QED) is 0.861. The maximum Gasteiger partial charge on any atom is 0.130 e. The molecular formula is C19H23NO. The van der Waals surface area contributed by atoms with Crippen LogP contribution in [0.5, 0.6) is 11.5 Å². The van der Waals surface area contributed by atoms with Crippen molar-refractivity contribution in [1.82, 2.24) is 5.32 Å². The van der Waals surface area contributed by atoms with Gasteiger partial charge in [-0.2, -0.15) is 0 Å². The lowest BCUT2D eigenvalue weighted by Gasteiger charge is -2.13. The van der Waals surface area contributed by atoms with Crippen molar-refractivity contribution in [2.45, 2.75) is 46.2 Å². The zero-order chi connectivity index (χ0) is 14.8. The molecule has 1 fully saturated rings. The molecule has 3 rings (SSSR count). The Morgan fingerprint density at radius 2 is 1.62 bits per heavy atom. The molecule has 110 valence electrons. The molecule has 0 heterocycles. The first-order chi connectivity index (χ1) is 10.1. The van der Waals surface area contributed by atoms with Crippen LogP contribution >= 0.6 is 0 Å². The standard InChI is InChI=1S/C19H23NO/c1-13-4-8-18(14(2)10-13)21-19-9-5-16(11-15(19)3)12-20-17-6-7-17/h4-5,8-11,17,20H,6-7,12H2,1-3H3. The lowest BCUT2D eigenvalue weighted by molar-refractivity contribution is 0.474. The van der Waals surface area contributed by atoms with Crippen LogP contribution in [0.3, 0.4) is 0 Å². The Hall–Kier alpha value is -1.80.